The van der Waals surface area contributed by atoms with Gasteiger partial charge in [0, 0.05) is 34.9 Å². The van der Waals surface area contributed by atoms with E-state index in [0.29, 0.717) is 39.6 Å². The molecule has 0 fully saturated rings. The predicted molar refractivity (Wildman–Crippen MR) is 388 cm³/mol. The normalized spacial score (nSPS) is 12.9. The maximum Gasteiger partial charge on any atom is 0.163 e. The van der Waals surface area contributed by atoms with E-state index in [1.54, 1.807) is 0 Å². The van der Waals surface area contributed by atoms with Crippen molar-refractivity contribution in [1.29, 1.82) is 0 Å². The number of benzene rings is 3. The van der Waals surface area contributed by atoms with Crippen molar-refractivity contribution in [2.45, 2.75) is 350 Å². The third-order valence-corrected chi connectivity index (χ3v) is 18.8. The van der Waals surface area contributed by atoms with Crippen molar-refractivity contribution in [2.75, 3.05) is 39.6 Å². The standard InChI is InChI=1S/C81H132N4O6/c1-7-13-19-25-31-37-43-49-55-86-73-61-67-70(64-76(73)89-58-52-46-40-34-28-22-16-10-4)82-80-69-63-75(88-57-51-45-39-33-27-21-15-9-3)78(91-60-54-48-42-36-30-24-18-12-6)66-72(69)84-81-68-62-74(87-56-50-44-38-32-26-20-14-8-2)77(65-71(68)83-79(67)85(80)81)90-59-53-47-41-35-29-23-17-11-5/h61-66H,7-60H2,1-6H3. The summed E-state index contributed by atoms with van der Waals surface area (Å²) in [6, 6.07) is 12.8. The SMILES string of the molecule is CCCCCCCCCCOc1cc2c(cc1OCCCCCCCCCC)C1=Nc3cc(OCCCCCCCCCC)c(OCCCCCCCCCC)cc3C3=Nc4cc(OCCCCCCCCCC)c(OCCCCCCCCCC)cc4C(=N2)N13. The molecule has 10 heteroatoms. The molecule has 10 nitrogen and oxygen atoms in total. The Morgan fingerprint density at radius 1 is 0.209 bits per heavy atom. The van der Waals surface area contributed by atoms with Crippen LogP contribution in [-0.4, -0.2) is 62.0 Å². The van der Waals surface area contributed by atoms with E-state index in [9.17, 15) is 0 Å². The number of ether oxygens (including phenoxy) is 6. The van der Waals surface area contributed by atoms with Crippen molar-refractivity contribution in [3.63, 3.8) is 0 Å². The van der Waals surface area contributed by atoms with Gasteiger partial charge in [-0.1, -0.05) is 311 Å². The zero-order valence-corrected chi connectivity index (χ0v) is 59.4. The average Bonchev–Trinajstić information content (AvgIpc) is 0.741. The lowest BCUT2D eigenvalue weighted by atomic mass is 9.97. The Hall–Kier alpha value is -4.73. The van der Waals surface area contributed by atoms with Crippen LogP contribution in [0, 0.1) is 0 Å². The van der Waals surface area contributed by atoms with Gasteiger partial charge in [-0.15, -0.1) is 0 Å². The predicted octanol–water partition coefficient (Wildman–Crippen LogP) is 25.7. The van der Waals surface area contributed by atoms with Gasteiger partial charge in [-0.05, 0) is 56.7 Å². The van der Waals surface area contributed by atoms with E-state index >= 15 is 0 Å². The maximum atomic E-state index is 6.84. The smallest absolute Gasteiger partial charge is 0.163 e. The first-order chi connectivity index (χ1) is 45.0. The second-order valence-corrected chi connectivity index (χ2v) is 27.0. The van der Waals surface area contributed by atoms with E-state index in [1.807, 2.05) is 0 Å². The van der Waals surface area contributed by atoms with Crippen molar-refractivity contribution in [1.82, 2.24) is 4.90 Å². The van der Waals surface area contributed by atoms with Crippen LogP contribution in [0.2, 0.25) is 0 Å². The number of rotatable bonds is 60. The lowest BCUT2D eigenvalue weighted by molar-refractivity contribution is 0.258. The van der Waals surface area contributed by atoms with Crippen LogP contribution in [0.4, 0.5) is 17.1 Å². The van der Waals surface area contributed by atoms with Crippen LogP contribution in [-0.2, 0) is 0 Å². The van der Waals surface area contributed by atoms with Crippen LogP contribution in [0.3, 0.4) is 0 Å². The molecular weight excluding hydrogens is 1120 g/mol. The van der Waals surface area contributed by atoms with Crippen LogP contribution >= 0.6 is 0 Å². The first-order valence-electron chi connectivity index (χ1n) is 38.9. The highest BCUT2D eigenvalue weighted by atomic mass is 16.5. The minimum absolute atomic E-state index is 0.627. The van der Waals surface area contributed by atoms with Gasteiger partial charge in [-0.2, -0.15) is 0 Å². The van der Waals surface area contributed by atoms with Crippen LogP contribution in [0.25, 0.3) is 0 Å². The summed E-state index contributed by atoms with van der Waals surface area (Å²) < 4.78 is 40.9. The van der Waals surface area contributed by atoms with Crippen LogP contribution in [0.15, 0.2) is 51.4 Å². The van der Waals surface area contributed by atoms with Crippen molar-refractivity contribution in [2.24, 2.45) is 15.0 Å². The van der Waals surface area contributed by atoms with Gasteiger partial charge in [0.2, 0.25) is 0 Å². The average molecular weight is 1260 g/mol. The lowest BCUT2D eigenvalue weighted by Gasteiger charge is -2.39. The van der Waals surface area contributed by atoms with E-state index in [1.165, 1.54) is 231 Å². The molecule has 6 rings (SSSR count). The topological polar surface area (TPSA) is 95.7 Å². The Balaban J connectivity index is 1.39. The molecule has 3 aromatic carbocycles. The summed E-state index contributed by atoms with van der Waals surface area (Å²) in [5, 5.41) is 0. The van der Waals surface area contributed by atoms with E-state index in [2.05, 4.69) is 82.8 Å². The fourth-order valence-corrected chi connectivity index (χ4v) is 13.0. The summed E-state index contributed by atoms with van der Waals surface area (Å²) in [6.45, 7) is 17.5. The molecule has 0 aromatic heterocycles. The monoisotopic (exact) mass is 1260 g/mol. The number of unbranched alkanes of at least 4 members (excludes halogenated alkanes) is 42. The van der Waals surface area contributed by atoms with Gasteiger partial charge in [0.1, 0.15) is 17.5 Å². The van der Waals surface area contributed by atoms with Gasteiger partial charge in [0.05, 0.1) is 56.7 Å². The molecule has 512 valence electrons. The van der Waals surface area contributed by atoms with Gasteiger partial charge in [0.15, 0.2) is 34.5 Å². The molecule has 0 N–H and O–H groups in total. The summed E-state index contributed by atoms with van der Waals surface area (Å²) in [7, 11) is 0. The number of amidine groups is 3. The highest BCUT2D eigenvalue weighted by molar-refractivity contribution is 6.36. The van der Waals surface area contributed by atoms with Crippen LogP contribution in [0.5, 0.6) is 34.5 Å². The highest BCUT2D eigenvalue weighted by Gasteiger charge is 2.41. The molecule has 0 radical (unpaired) electrons. The molecule has 0 unspecified atom stereocenters. The van der Waals surface area contributed by atoms with Crippen molar-refractivity contribution < 1.29 is 28.4 Å². The molecule has 0 spiro atoms. The fourth-order valence-electron chi connectivity index (χ4n) is 13.0. The van der Waals surface area contributed by atoms with Gasteiger partial charge in [-0.25, -0.2) is 15.0 Å². The Morgan fingerprint density at radius 3 is 0.538 bits per heavy atom. The molecule has 0 saturated carbocycles. The fraction of sp³-hybridized carbons (Fsp3) is 0.741. The van der Waals surface area contributed by atoms with Gasteiger partial charge in [-0.3, -0.25) is 4.90 Å². The van der Waals surface area contributed by atoms with Gasteiger partial charge in [0.25, 0.3) is 0 Å². The summed E-state index contributed by atoms with van der Waals surface area (Å²) in [5.41, 5.74) is 5.09. The summed E-state index contributed by atoms with van der Waals surface area (Å²) in [6.07, 6.45) is 59.6. The Morgan fingerprint density at radius 2 is 0.363 bits per heavy atom. The second kappa shape index (κ2) is 48.0. The van der Waals surface area contributed by atoms with E-state index in [4.69, 9.17) is 43.4 Å². The lowest BCUT2D eigenvalue weighted by Crippen LogP contribution is -2.48. The largest absolute Gasteiger partial charge is 0.490 e. The highest BCUT2D eigenvalue weighted by Crippen LogP contribution is 2.49. The van der Waals surface area contributed by atoms with Crippen molar-refractivity contribution in [3.8, 4) is 34.5 Å². The minimum atomic E-state index is 0.627. The van der Waals surface area contributed by atoms with Crippen molar-refractivity contribution >= 4 is 34.6 Å². The third kappa shape index (κ3) is 28.0. The van der Waals surface area contributed by atoms with Gasteiger partial charge < -0.3 is 28.4 Å². The Kier molecular flexibility index (Phi) is 39.8. The molecular formula is C81H132N4O6. The number of hydrogen-bond donors (Lipinski definition) is 0. The molecule has 3 aliphatic heterocycles. The molecule has 3 aromatic rings. The van der Waals surface area contributed by atoms with Crippen LogP contribution < -0.4 is 28.4 Å². The number of aliphatic imine (C=N–C) groups is 3. The number of fused-ring (bicyclic) bond motifs is 6. The summed E-state index contributed by atoms with van der Waals surface area (Å²) in [4.78, 5) is 19.2. The summed E-state index contributed by atoms with van der Waals surface area (Å²) >= 11 is 0. The first-order valence-corrected chi connectivity index (χ1v) is 38.9. The zero-order chi connectivity index (χ0) is 64.0. The third-order valence-electron chi connectivity index (χ3n) is 18.8. The molecule has 0 aliphatic carbocycles. The molecule has 3 heterocycles. The first kappa shape index (κ1) is 75.3. The molecule has 0 saturated heterocycles. The molecule has 91 heavy (non-hydrogen) atoms. The second-order valence-electron chi connectivity index (χ2n) is 27.0. The Bertz CT molecular complexity index is 2230. The maximum absolute atomic E-state index is 6.84. The molecule has 0 bridgehead atoms. The quantitative estimate of drug-likeness (QED) is 0.0520. The number of hydrogen-bond acceptors (Lipinski definition) is 10. The van der Waals surface area contributed by atoms with Crippen molar-refractivity contribution in [3.05, 3.63) is 53.1 Å². The van der Waals surface area contributed by atoms with E-state index in [0.717, 1.165) is 163 Å². The van der Waals surface area contributed by atoms with E-state index in [-0.39, 0.29) is 0 Å². The minimum Gasteiger partial charge on any atom is -0.490 e. The van der Waals surface area contributed by atoms with E-state index < -0.39 is 0 Å². The summed E-state index contributed by atoms with van der Waals surface area (Å²) in [5.74, 6) is 6.78. The number of nitrogens with zero attached hydrogens (tertiary/aromatic N) is 4. The zero-order valence-electron chi connectivity index (χ0n) is 59.4. The molecule has 0 amide bonds. The van der Waals surface area contributed by atoms with Crippen LogP contribution in [0.1, 0.15) is 366 Å². The molecule has 3 aliphatic rings. The van der Waals surface area contributed by atoms with Gasteiger partial charge >= 0.3 is 0 Å². The Labute approximate surface area is 557 Å². The molecule has 0 atom stereocenters.